The number of hydrogen-bond acceptors (Lipinski definition) is 5. The number of ether oxygens (including phenoxy) is 2. The molecule has 0 bridgehead atoms. The van der Waals surface area contributed by atoms with Gasteiger partial charge in [0.15, 0.2) is 5.58 Å². The van der Waals surface area contributed by atoms with Gasteiger partial charge < -0.3 is 19.1 Å². The quantitative estimate of drug-likeness (QED) is 0.361. The second kappa shape index (κ2) is 7.79. The summed E-state index contributed by atoms with van der Waals surface area (Å²) in [6.07, 6.45) is -3.84. The number of carbonyl (C=O) groups is 1. The summed E-state index contributed by atoms with van der Waals surface area (Å²) in [5.41, 5.74) is 0.0688. The summed E-state index contributed by atoms with van der Waals surface area (Å²) < 4.78 is 55.5. The molecule has 1 aliphatic rings. The molecule has 0 saturated carbocycles. The van der Waals surface area contributed by atoms with Crippen molar-refractivity contribution in [2.24, 2.45) is 0 Å². The Labute approximate surface area is 191 Å². The monoisotopic (exact) mass is 469 g/mol. The van der Waals surface area contributed by atoms with Gasteiger partial charge in [0, 0.05) is 29.0 Å². The zero-order valence-corrected chi connectivity index (χ0v) is 17.8. The minimum Gasteiger partial charge on any atom is -0.478 e. The van der Waals surface area contributed by atoms with E-state index in [0.717, 1.165) is 17.7 Å². The Bertz CT molecular complexity index is 1390. The number of hydrogen-bond donors (Lipinski definition) is 1. The number of carboxylic acid groups (broad SMARTS) is 1. The lowest BCUT2D eigenvalue weighted by Crippen LogP contribution is -2.42. The van der Waals surface area contributed by atoms with Gasteiger partial charge in [0.05, 0.1) is 5.56 Å². The predicted molar refractivity (Wildman–Crippen MR) is 116 cm³/mol. The second-order valence-corrected chi connectivity index (χ2v) is 8.07. The molecule has 6 nitrogen and oxygen atoms in total. The summed E-state index contributed by atoms with van der Waals surface area (Å²) in [7, 11) is 0. The van der Waals surface area contributed by atoms with E-state index in [2.05, 4.69) is 5.16 Å². The SMILES string of the molecule is CC[C@@]1(C(=O)O)Cc2cc(Oc3ccc4c(-c5ccc(C(F)(F)F)cc5)noc4c3)ccc2O1. The average Bonchev–Trinajstić information content (AvgIpc) is 3.40. The number of aliphatic carboxylic acids is 1. The zero-order chi connectivity index (χ0) is 24.1. The Morgan fingerprint density at radius 2 is 1.79 bits per heavy atom. The van der Waals surface area contributed by atoms with Gasteiger partial charge in [-0.1, -0.05) is 24.2 Å². The summed E-state index contributed by atoms with van der Waals surface area (Å²) in [6, 6.07) is 14.9. The van der Waals surface area contributed by atoms with Crippen LogP contribution in [-0.2, 0) is 17.4 Å². The molecule has 0 aliphatic carbocycles. The Kier molecular flexibility index (Phi) is 5.00. The molecule has 4 aromatic rings. The minimum atomic E-state index is -4.41. The molecule has 0 unspecified atom stereocenters. The fourth-order valence-corrected chi connectivity index (χ4v) is 4.02. The van der Waals surface area contributed by atoms with E-state index in [1.165, 1.54) is 12.1 Å². The number of benzene rings is 3. The lowest BCUT2D eigenvalue weighted by atomic mass is 9.94. The van der Waals surface area contributed by atoms with Crippen molar-refractivity contribution in [3.8, 4) is 28.5 Å². The molecular formula is C25H18F3NO5. The molecule has 0 radical (unpaired) electrons. The van der Waals surface area contributed by atoms with Crippen molar-refractivity contribution in [1.82, 2.24) is 5.16 Å². The molecule has 0 spiro atoms. The fraction of sp³-hybridized carbons (Fsp3) is 0.200. The first kappa shape index (κ1) is 21.8. The Morgan fingerprint density at radius 3 is 2.47 bits per heavy atom. The number of alkyl halides is 3. The Balaban J connectivity index is 1.38. The molecule has 3 aromatic carbocycles. The molecule has 5 rings (SSSR count). The van der Waals surface area contributed by atoms with Gasteiger partial charge in [0.25, 0.3) is 0 Å². The van der Waals surface area contributed by atoms with Crippen molar-refractivity contribution < 1.29 is 37.1 Å². The molecule has 1 aliphatic heterocycles. The molecule has 9 heteroatoms. The van der Waals surface area contributed by atoms with Crippen LogP contribution in [0.15, 0.2) is 65.2 Å². The van der Waals surface area contributed by atoms with Crippen LogP contribution in [0, 0.1) is 0 Å². The van der Waals surface area contributed by atoms with Gasteiger partial charge in [-0.3, -0.25) is 0 Å². The standard InChI is InChI=1S/C25H18F3NO5/c1-2-24(23(30)31)13-15-11-17(8-10-20(15)33-24)32-18-7-9-19-21(12-18)34-29-22(19)14-3-5-16(6-4-14)25(26,27)28/h3-12H,2,13H2,1H3,(H,30,31)/t24-/m0/s1. The van der Waals surface area contributed by atoms with E-state index >= 15 is 0 Å². The largest absolute Gasteiger partial charge is 0.478 e. The fourth-order valence-electron chi connectivity index (χ4n) is 4.02. The second-order valence-electron chi connectivity index (χ2n) is 8.07. The van der Waals surface area contributed by atoms with Gasteiger partial charge in [0.1, 0.15) is 22.9 Å². The number of halogens is 3. The van der Waals surface area contributed by atoms with Crippen LogP contribution in [-0.4, -0.2) is 21.8 Å². The van der Waals surface area contributed by atoms with Crippen LogP contribution in [0.2, 0.25) is 0 Å². The normalized spacial score (nSPS) is 17.4. The van der Waals surface area contributed by atoms with E-state index in [1.807, 2.05) is 0 Å². The third-order valence-electron chi connectivity index (χ3n) is 5.94. The van der Waals surface area contributed by atoms with Crippen molar-refractivity contribution in [1.29, 1.82) is 0 Å². The average molecular weight is 469 g/mol. The molecule has 0 saturated heterocycles. The van der Waals surface area contributed by atoms with Crippen LogP contribution in [0.4, 0.5) is 13.2 Å². The molecule has 1 aromatic heterocycles. The van der Waals surface area contributed by atoms with Crippen LogP contribution in [0.25, 0.3) is 22.2 Å². The van der Waals surface area contributed by atoms with E-state index in [0.29, 0.717) is 45.9 Å². The topological polar surface area (TPSA) is 81.8 Å². The van der Waals surface area contributed by atoms with Gasteiger partial charge in [0.2, 0.25) is 5.60 Å². The third kappa shape index (κ3) is 3.72. The zero-order valence-electron chi connectivity index (χ0n) is 17.8. The molecular weight excluding hydrogens is 451 g/mol. The predicted octanol–water partition coefficient (Wildman–Crippen LogP) is 6.47. The van der Waals surface area contributed by atoms with Crippen molar-refractivity contribution in [2.75, 3.05) is 0 Å². The van der Waals surface area contributed by atoms with Crippen LogP contribution >= 0.6 is 0 Å². The number of rotatable bonds is 5. The maximum Gasteiger partial charge on any atom is 0.416 e. The first-order chi connectivity index (χ1) is 16.2. The number of fused-ring (bicyclic) bond motifs is 2. The van der Waals surface area contributed by atoms with Crippen molar-refractivity contribution in [2.45, 2.75) is 31.5 Å². The lowest BCUT2D eigenvalue weighted by molar-refractivity contribution is -0.154. The first-order valence-electron chi connectivity index (χ1n) is 10.5. The van der Waals surface area contributed by atoms with Crippen LogP contribution in [0.1, 0.15) is 24.5 Å². The van der Waals surface area contributed by atoms with E-state index in [1.54, 1.807) is 43.3 Å². The molecule has 1 N–H and O–H groups in total. The van der Waals surface area contributed by atoms with Gasteiger partial charge in [-0.15, -0.1) is 0 Å². The molecule has 174 valence electrons. The van der Waals surface area contributed by atoms with Crippen LogP contribution < -0.4 is 9.47 Å². The number of carboxylic acids is 1. The highest BCUT2D eigenvalue weighted by Crippen LogP contribution is 2.40. The highest BCUT2D eigenvalue weighted by Gasteiger charge is 2.45. The molecule has 0 amide bonds. The third-order valence-corrected chi connectivity index (χ3v) is 5.94. The van der Waals surface area contributed by atoms with Gasteiger partial charge in [-0.2, -0.15) is 13.2 Å². The minimum absolute atomic E-state index is 0.239. The molecule has 0 fully saturated rings. The molecule has 34 heavy (non-hydrogen) atoms. The lowest BCUT2D eigenvalue weighted by Gasteiger charge is -2.21. The first-order valence-corrected chi connectivity index (χ1v) is 10.5. The van der Waals surface area contributed by atoms with E-state index in [4.69, 9.17) is 14.0 Å². The van der Waals surface area contributed by atoms with Crippen molar-refractivity contribution in [3.05, 3.63) is 71.8 Å². The van der Waals surface area contributed by atoms with Gasteiger partial charge in [-0.05, 0) is 48.9 Å². The van der Waals surface area contributed by atoms with Gasteiger partial charge >= 0.3 is 12.1 Å². The van der Waals surface area contributed by atoms with Gasteiger partial charge in [-0.25, -0.2) is 4.79 Å². The summed E-state index contributed by atoms with van der Waals surface area (Å²) >= 11 is 0. The molecule has 2 heterocycles. The Morgan fingerprint density at radius 1 is 1.09 bits per heavy atom. The van der Waals surface area contributed by atoms with Crippen molar-refractivity contribution in [3.63, 3.8) is 0 Å². The van der Waals surface area contributed by atoms with E-state index in [-0.39, 0.29) is 6.42 Å². The number of nitrogens with zero attached hydrogens (tertiary/aromatic N) is 1. The maximum absolute atomic E-state index is 12.8. The van der Waals surface area contributed by atoms with E-state index in [9.17, 15) is 23.1 Å². The van der Waals surface area contributed by atoms with E-state index < -0.39 is 23.3 Å². The highest BCUT2D eigenvalue weighted by molar-refractivity contribution is 5.92. The number of aromatic nitrogens is 1. The Hall–Kier alpha value is -4.01. The summed E-state index contributed by atoms with van der Waals surface area (Å²) in [4.78, 5) is 11.7. The summed E-state index contributed by atoms with van der Waals surface area (Å²) in [6.45, 7) is 1.77. The highest BCUT2D eigenvalue weighted by atomic mass is 19.4. The van der Waals surface area contributed by atoms with Crippen LogP contribution in [0.3, 0.4) is 0 Å². The smallest absolute Gasteiger partial charge is 0.416 e. The van der Waals surface area contributed by atoms with Crippen molar-refractivity contribution >= 4 is 16.9 Å². The van der Waals surface area contributed by atoms with Crippen LogP contribution in [0.5, 0.6) is 17.2 Å². The summed E-state index contributed by atoms with van der Waals surface area (Å²) in [5.74, 6) is 0.472. The molecule has 1 atom stereocenters. The maximum atomic E-state index is 12.8. The summed E-state index contributed by atoms with van der Waals surface area (Å²) in [5, 5.41) is 14.2.